The van der Waals surface area contributed by atoms with Crippen LogP contribution in [0.3, 0.4) is 0 Å². The molecule has 2 aromatic carbocycles. The third kappa shape index (κ3) is 2.96. The summed E-state index contributed by atoms with van der Waals surface area (Å²) in [4.78, 5) is 23.8. The normalized spacial score (nSPS) is 10.9. The van der Waals surface area contributed by atoms with E-state index in [1.165, 1.54) is 12.7 Å². The zero-order valence-corrected chi connectivity index (χ0v) is 14.9. The molecule has 4 aromatic rings. The van der Waals surface area contributed by atoms with Gasteiger partial charge in [0.05, 0.1) is 16.0 Å². The van der Waals surface area contributed by atoms with Gasteiger partial charge in [-0.1, -0.05) is 29.8 Å². The van der Waals surface area contributed by atoms with Crippen molar-refractivity contribution in [2.24, 2.45) is 0 Å². The third-order valence-corrected chi connectivity index (χ3v) is 4.60. The minimum absolute atomic E-state index is 0.0770. The molecule has 0 bridgehead atoms. The van der Waals surface area contributed by atoms with Crippen molar-refractivity contribution < 1.29 is 4.92 Å². The standard InChI is InChI=1S/C18H13ClN6O2/c1-11-12(19)5-4-7-13(11)23-17-16(25(26)27)18(21-9-20-17)24-10-22-14-6-2-3-8-15(14)24/h2-10H,1H3,(H,20,21,23). The molecule has 0 atom stereocenters. The highest BCUT2D eigenvalue weighted by Crippen LogP contribution is 2.33. The van der Waals surface area contributed by atoms with E-state index in [1.54, 1.807) is 22.8 Å². The van der Waals surface area contributed by atoms with Gasteiger partial charge < -0.3 is 5.32 Å². The Morgan fingerprint density at radius 3 is 2.74 bits per heavy atom. The van der Waals surface area contributed by atoms with E-state index < -0.39 is 4.92 Å². The first-order valence-corrected chi connectivity index (χ1v) is 8.38. The summed E-state index contributed by atoms with van der Waals surface area (Å²) in [5, 5.41) is 15.4. The number of hydrogen-bond acceptors (Lipinski definition) is 6. The van der Waals surface area contributed by atoms with Crippen molar-refractivity contribution in [3.63, 3.8) is 0 Å². The Balaban J connectivity index is 1.89. The highest BCUT2D eigenvalue weighted by atomic mass is 35.5. The Kier molecular flexibility index (Phi) is 4.17. The van der Waals surface area contributed by atoms with Gasteiger partial charge in [0, 0.05) is 10.7 Å². The molecular formula is C18H13ClN6O2. The fourth-order valence-corrected chi connectivity index (χ4v) is 2.98. The summed E-state index contributed by atoms with van der Waals surface area (Å²) in [6.07, 6.45) is 2.79. The quantitative estimate of drug-likeness (QED) is 0.415. The largest absolute Gasteiger partial charge is 0.354 e. The number of para-hydroxylation sites is 2. The van der Waals surface area contributed by atoms with Crippen LogP contribution < -0.4 is 5.32 Å². The molecule has 0 aliphatic rings. The smallest absolute Gasteiger partial charge is 0.334 e. The second-order valence-corrected chi connectivity index (χ2v) is 6.20. The van der Waals surface area contributed by atoms with Crippen LogP contribution in [0.2, 0.25) is 5.02 Å². The third-order valence-electron chi connectivity index (χ3n) is 4.19. The first kappa shape index (κ1) is 16.9. The molecule has 8 nitrogen and oxygen atoms in total. The van der Waals surface area contributed by atoms with E-state index in [1.807, 2.05) is 31.2 Å². The van der Waals surface area contributed by atoms with E-state index >= 15 is 0 Å². The molecule has 134 valence electrons. The van der Waals surface area contributed by atoms with Crippen molar-refractivity contribution >= 4 is 39.8 Å². The van der Waals surface area contributed by atoms with Crippen LogP contribution in [0.4, 0.5) is 17.2 Å². The second-order valence-electron chi connectivity index (χ2n) is 5.79. The van der Waals surface area contributed by atoms with Crippen LogP contribution >= 0.6 is 11.6 Å². The van der Waals surface area contributed by atoms with Gasteiger partial charge in [-0.15, -0.1) is 0 Å². The topological polar surface area (TPSA) is 98.8 Å². The molecule has 0 fully saturated rings. The van der Waals surface area contributed by atoms with Crippen LogP contribution in [-0.4, -0.2) is 24.4 Å². The Labute approximate surface area is 158 Å². The number of halogens is 1. The molecule has 27 heavy (non-hydrogen) atoms. The number of rotatable bonds is 4. The van der Waals surface area contributed by atoms with Gasteiger partial charge in [0.2, 0.25) is 11.6 Å². The predicted octanol–water partition coefficient (Wildman–Crippen LogP) is 4.43. The summed E-state index contributed by atoms with van der Waals surface area (Å²) in [5.74, 6) is 0.207. The van der Waals surface area contributed by atoms with Gasteiger partial charge >= 0.3 is 5.69 Å². The molecule has 0 radical (unpaired) electrons. The van der Waals surface area contributed by atoms with E-state index in [0.29, 0.717) is 21.7 Å². The summed E-state index contributed by atoms with van der Waals surface area (Å²) in [6.45, 7) is 1.82. The average Bonchev–Trinajstić information content (AvgIpc) is 3.09. The number of aromatic nitrogens is 4. The lowest BCUT2D eigenvalue weighted by molar-refractivity contribution is -0.384. The van der Waals surface area contributed by atoms with Gasteiger partial charge in [-0.25, -0.2) is 15.0 Å². The first-order valence-electron chi connectivity index (χ1n) is 8.00. The maximum absolute atomic E-state index is 11.8. The molecule has 0 unspecified atom stereocenters. The van der Waals surface area contributed by atoms with Crippen LogP contribution in [0.25, 0.3) is 16.9 Å². The minimum atomic E-state index is -0.508. The summed E-state index contributed by atoms with van der Waals surface area (Å²) < 4.78 is 1.57. The molecule has 0 saturated carbocycles. The van der Waals surface area contributed by atoms with Gasteiger partial charge in [-0.05, 0) is 36.8 Å². The molecule has 2 aromatic heterocycles. The van der Waals surface area contributed by atoms with Crippen LogP contribution in [0.5, 0.6) is 0 Å². The molecule has 9 heteroatoms. The molecule has 2 heterocycles. The molecule has 4 rings (SSSR count). The van der Waals surface area contributed by atoms with E-state index in [-0.39, 0.29) is 17.3 Å². The Bertz CT molecular complexity index is 1170. The maximum Gasteiger partial charge on any atom is 0.354 e. The minimum Gasteiger partial charge on any atom is -0.334 e. The number of anilines is 2. The Morgan fingerprint density at radius 1 is 1.11 bits per heavy atom. The van der Waals surface area contributed by atoms with Crippen molar-refractivity contribution in [2.75, 3.05) is 5.32 Å². The number of nitrogens with one attached hydrogen (secondary N) is 1. The maximum atomic E-state index is 11.8. The zero-order valence-electron chi connectivity index (χ0n) is 14.1. The number of imidazole rings is 1. The van der Waals surface area contributed by atoms with E-state index in [9.17, 15) is 10.1 Å². The van der Waals surface area contributed by atoms with Crippen molar-refractivity contribution in [1.29, 1.82) is 0 Å². The van der Waals surface area contributed by atoms with E-state index in [4.69, 9.17) is 11.6 Å². The van der Waals surface area contributed by atoms with Gasteiger partial charge in [0.15, 0.2) is 0 Å². The van der Waals surface area contributed by atoms with Crippen LogP contribution in [0, 0.1) is 17.0 Å². The van der Waals surface area contributed by atoms with Crippen LogP contribution in [0.15, 0.2) is 55.1 Å². The molecule has 1 N–H and O–H groups in total. The fraction of sp³-hybridized carbons (Fsp3) is 0.0556. The Hall–Kier alpha value is -3.52. The van der Waals surface area contributed by atoms with Crippen molar-refractivity contribution in [2.45, 2.75) is 6.92 Å². The fourth-order valence-electron chi connectivity index (χ4n) is 2.80. The lowest BCUT2D eigenvalue weighted by atomic mass is 10.2. The number of nitrogens with zero attached hydrogens (tertiary/aromatic N) is 5. The monoisotopic (exact) mass is 380 g/mol. The molecule has 0 aliphatic carbocycles. The second kappa shape index (κ2) is 6.65. The van der Waals surface area contributed by atoms with Gasteiger partial charge in [-0.2, -0.15) is 0 Å². The predicted molar refractivity (Wildman–Crippen MR) is 103 cm³/mol. The summed E-state index contributed by atoms with van der Waals surface area (Å²) in [7, 11) is 0. The zero-order chi connectivity index (χ0) is 19.0. The van der Waals surface area contributed by atoms with Crippen LogP contribution in [0.1, 0.15) is 5.56 Å². The average molecular weight is 381 g/mol. The number of benzene rings is 2. The van der Waals surface area contributed by atoms with Crippen LogP contribution in [-0.2, 0) is 0 Å². The SMILES string of the molecule is Cc1c(Cl)cccc1Nc1ncnc(-n2cnc3ccccc32)c1[N+](=O)[O-]. The summed E-state index contributed by atoms with van der Waals surface area (Å²) in [5.41, 5.74) is 2.57. The number of nitro groups is 1. The lowest BCUT2D eigenvalue weighted by Crippen LogP contribution is -2.07. The summed E-state index contributed by atoms with van der Waals surface area (Å²) >= 11 is 6.14. The number of hydrogen-bond donors (Lipinski definition) is 1. The van der Waals surface area contributed by atoms with E-state index in [2.05, 4.69) is 20.3 Å². The van der Waals surface area contributed by atoms with Crippen molar-refractivity contribution in [3.8, 4) is 5.82 Å². The van der Waals surface area contributed by atoms with Gasteiger partial charge in [0.1, 0.15) is 12.7 Å². The van der Waals surface area contributed by atoms with Crippen molar-refractivity contribution in [3.05, 3.63) is 75.8 Å². The molecule has 0 aliphatic heterocycles. The molecule has 0 saturated heterocycles. The highest BCUT2D eigenvalue weighted by Gasteiger charge is 2.25. The lowest BCUT2D eigenvalue weighted by Gasteiger charge is -2.12. The van der Waals surface area contributed by atoms with E-state index in [0.717, 1.165) is 5.56 Å². The van der Waals surface area contributed by atoms with Crippen molar-refractivity contribution in [1.82, 2.24) is 19.5 Å². The van der Waals surface area contributed by atoms with Gasteiger partial charge in [0.25, 0.3) is 0 Å². The van der Waals surface area contributed by atoms with Gasteiger partial charge in [-0.3, -0.25) is 14.7 Å². The molecule has 0 spiro atoms. The summed E-state index contributed by atoms with van der Waals surface area (Å²) in [6, 6.07) is 12.6. The first-order chi connectivity index (χ1) is 13.1. The molecular weight excluding hydrogens is 368 g/mol. The highest BCUT2D eigenvalue weighted by molar-refractivity contribution is 6.31. The Morgan fingerprint density at radius 2 is 1.93 bits per heavy atom. The number of fused-ring (bicyclic) bond motifs is 1. The molecule has 0 amide bonds.